The van der Waals surface area contributed by atoms with Gasteiger partial charge >= 0.3 is 41.6 Å². The van der Waals surface area contributed by atoms with Gasteiger partial charge in [-0.2, -0.15) is 61.5 Å². The number of hydrogen-bond donors (Lipinski definition) is 0. The summed E-state index contributed by atoms with van der Waals surface area (Å²) >= 11 is 0. The van der Waals surface area contributed by atoms with Gasteiger partial charge in [0.2, 0.25) is 0 Å². The lowest BCUT2D eigenvalue weighted by atomic mass is 9.89. The topological polar surface area (TPSA) is 3.24 Å². The molecule has 1 atom stereocenters. The predicted molar refractivity (Wildman–Crippen MR) is 53.9 cm³/mol. The Bertz CT molecular complexity index is 552. The zero-order valence-corrected chi connectivity index (χ0v) is 12.7. The van der Waals surface area contributed by atoms with E-state index in [9.17, 15) is 74.8 Å². The van der Waals surface area contributed by atoms with Crippen molar-refractivity contribution < 1.29 is 74.8 Å². The Morgan fingerprint density at radius 2 is 0.857 bits per heavy atom. The average Bonchev–Trinajstić information content (AvgIpc) is 2.52. The monoisotopic (exact) mass is 463 g/mol. The minimum atomic E-state index is -8.51. The highest BCUT2D eigenvalue weighted by atomic mass is 19.4. The van der Waals surface area contributed by atoms with Crippen molar-refractivity contribution in [3.8, 4) is 0 Å². The predicted octanol–water partition coefficient (Wildman–Crippen LogP) is 6.21. The summed E-state index contributed by atoms with van der Waals surface area (Å²) in [6.07, 6.45) is -6.21. The molecule has 0 saturated heterocycles. The van der Waals surface area contributed by atoms with Gasteiger partial charge in [-0.05, 0) is 6.42 Å². The minimum Gasteiger partial charge on any atom is -0.241 e. The van der Waals surface area contributed by atoms with Crippen molar-refractivity contribution in [1.29, 1.82) is 0 Å². The van der Waals surface area contributed by atoms with Crippen molar-refractivity contribution in [1.82, 2.24) is 5.34 Å². The normalized spacial score (nSPS) is 17.2. The van der Waals surface area contributed by atoms with Crippen molar-refractivity contribution in [3.63, 3.8) is 0 Å². The molecule has 0 aliphatic rings. The van der Waals surface area contributed by atoms with Crippen LogP contribution in [-0.2, 0) is 0 Å². The van der Waals surface area contributed by atoms with Crippen LogP contribution in [0.4, 0.5) is 74.8 Å². The first-order chi connectivity index (χ1) is 11.9. The lowest BCUT2D eigenvalue weighted by Crippen LogP contribution is -2.74. The summed E-state index contributed by atoms with van der Waals surface area (Å²) < 4.78 is 218. The van der Waals surface area contributed by atoms with E-state index in [2.05, 4.69) is 0 Å². The summed E-state index contributed by atoms with van der Waals surface area (Å²) in [6, 6.07) is -7.65. The summed E-state index contributed by atoms with van der Waals surface area (Å²) in [4.78, 5) is 0. The Morgan fingerprint density at radius 3 is 1.14 bits per heavy atom. The van der Waals surface area contributed by atoms with Crippen LogP contribution in [0.3, 0.4) is 0 Å². The van der Waals surface area contributed by atoms with Crippen molar-refractivity contribution in [3.05, 3.63) is 0 Å². The van der Waals surface area contributed by atoms with E-state index in [4.69, 9.17) is 0 Å². The summed E-state index contributed by atoms with van der Waals surface area (Å²) in [5, 5.41) is -4.13. The average molecular weight is 463 g/mol. The fourth-order valence-corrected chi connectivity index (χ4v) is 1.55. The number of nitrogens with zero attached hydrogens (tertiary/aromatic N) is 1. The maximum absolute atomic E-state index is 13.2. The quantitative estimate of drug-likeness (QED) is 0.223. The highest BCUT2D eigenvalue weighted by molar-refractivity contribution is 5.14. The van der Waals surface area contributed by atoms with Gasteiger partial charge in [0.15, 0.2) is 6.17 Å². The minimum absolute atomic E-state index is 0.269. The van der Waals surface area contributed by atoms with E-state index in [0.717, 1.165) is 0 Å². The zero-order valence-electron chi connectivity index (χ0n) is 12.7. The van der Waals surface area contributed by atoms with Crippen molar-refractivity contribution in [2.75, 3.05) is 0 Å². The van der Waals surface area contributed by atoms with Crippen LogP contribution in [0, 0.1) is 0 Å². The molecule has 1 unspecified atom stereocenters. The molecule has 0 rings (SSSR count). The molecule has 0 aromatic heterocycles. The van der Waals surface area contributed by atoms with Crippen LogP contribution < -0.4 is 0 Å². The van der Waals surface area contributed by atoms with Crippen LogP contribution in [0.1, 0.15) is 13.3 Å². The molecule has 0 heterocycles. The van der Waals surface area contributed by atoms with Gasteiger partial charge in [-0.15, -0.1) is 0 Å². The first-order valence-corrected chi connectivity index (χ1v) is 6.33. The summed E-state index contributed by atoms with van der Waals surface area (Å²) in [6.45, 7) is 0.269. The molecular formula is C10H6F17N. The molecular weight excluding hydrogens is 457 g/mol. The zero-order chi connectivity index (χ0) is 23.4. The van der Waals surface area contributed by atoms with Gasteiger partial charge in [-0.25, -0.2) is 4.39 Å². The van der Waals surface area contributed by atoms with E-state index in [1.807, 2.05) is 0 Å². The van der Waals surface area contributed by atoms with Gasteiger partial charge in [0, 0.05) is 0 Å². The SMILES string of the molecule is CCC(F)C(F)(F)C(F)(F)C(F)(F)C(F)(F)C(F)(F)C(F)(F)C(F)(F)N(F)F. The highest BCUT2D eigenvalue weighted by Gasteiger charge is 2.94. The maximum atomic E-state index is 13.2. The number of halogens is 17. The van der Waals surface area contributed by atoms with Crippen LogP contribution in [0.5, 0.6) is 0 Å². The molecule has 0 bridgehead atoms. The molecule has 0 radical (unpaired) electrons. The molecule has 0 amide bonds. The van der Waals surface area contributed by atoms with Crippen molar-refractivity contribution in [2.45, 2.75) is 61.1 Å². The molecule has 1 nitrogen and oxygen atoms in total. The molecule has 0 N–H and O–H groups in total. The Labute approximate surface area is 142 Å². The molecule has 0 aliphatic heterocycles. The van der Waals surface area contributed by atoms with Gasteiger partial charge < -0.3 is 0 Å². The fraction of sp³-hybridized carbons (Fsp3) is 1.00. The maximum Gasteiger partial charge on any atom is 0.426 e. The van der Waals surface area contributed by atoms with E-state index in [0.29, 0.717) is 0 Å². The van der Waals surface area contributed by atoms with Crippen LogP contribution >= 0.6 is 0 Å². The van der Waals surface area contributed by atoms with E-state index in [-0.39, 0.29) is 6.92 Å². The van der Waals surface area contributed by atoms with Gasteiger partial charge in [-0.1, -0.05) is 15.9 Å². The third-order valence-corrected chi connectivity index (χ3v) is 3.34. The number of alkyl halides is 15. The lowest BCUT2D eigenvalue weighted by molar-refractivity contribution is -0.479. The Balaban J connectivity index is 6.63. The van der Waals surface area contributed by atoms with Crippen LogP contribution in [0.15, 0.2) is 0 Å². The molecule has 0 aromatic rings. The Hall–Kier alpha value is -1.23. The molecule has 0 aromatic carbocycles. The molecule has 0 saturated carbocycles. The van der Waals surface area contributed by atoms with Crippen molar-refractivity contribution in [2.24, 2.45) is 0 Å². The summed E-state index contributed by atoms with van der Waals surface area (Å²) in [5.74, 6) is -48.3. The molecule has 28 heavy (non-hydrogen) atoms. The standard InChI is InChI=1S/C10H6F17N/c1-2-3(11)4(12,13)5(14,15)6(16,17)7(18,19)8(20,21)9(22,23)10(24,25)28(26)27/h3H,2H2,1H3. The van der Waals surface area contributed by atoms with Crippen LogP contribution in [0.25, 0.3) is 0 Å². The first-order valence-electron chi connectivity index (χ1n) is 6.33. The highest BCUT2D eigenvalue weighted by Crippen LogP contribution is 2.63. The fourth-order valence-electron chi connectivity index (χ4n) is 1.55. The van der Waals surface area contributed by atoms with E-state index in [1.165, 1.54) is 0 Å². The van der Waals surface area contributed by atoms with E-state index >= 15 is 0 Å². The molecule has 170 valence electrons. The van der Waals surface area contributed by atoms with Gasteiger partial charge in [0.1, 0.15) is 0 Å². The first kappa shape index (κ1) is 26.8. The Kier molecular flexibility index (Phi) is 6.62. The second kappa shape index (κ2) is 6.93. The van der Waals surface area contributed by atoms with E-state index < -0.39 is 59.5 Å². The lowest BCUT2D eigenvalue weighted by Gasteiger charge is -2.42. The second-order valence-electron chi connectivity index (χ2n) is 5.14. The van der Waals surface area contributed by atoms with Gasteiger partial charge in [0.25, 0.3) is 0 Å². The number of hydrogen-bond acceptors (Lipinski definition) is 1. The van der Waals surface area contributed by atoms with Gasteiger partial charge in [-0.3, -0.25) is 0 Å². The Morgan fingerprint density at radius 1 is 0.571 bits per heavy atom. The smallest absolute Gasteiger partial charge is 0.241 e. The van der Waals surface area contributed by atoms with Crippen LogP contribution in [-0.4, -0.2) is 53.1 Å². The molecule has 0 fully saturated rings. The largest absolute Gasteiger partial charge is 0.426 e. The van der Waals surface area contributed by atoms with Crippen molar-refractivity contribution >= 4 is 0 Å². The van der Waals surface area contributed by atoms with Crippen LogP contribution in [0.2, 0.25) is 0 Å². The number of rotatable bonds is 9. The van der Waals surface area contributed by atoms with E-state index in [1.54, 1.807) is 0 Å². The molecule has 18 heteroatoms. The van der Waals surface area contributed by atoms with Gasteiger partial charge in [0.05, 0.1) is 5.34 Å². The third kappa shape index (κ3) is 3.14. The third-order valence-electron chi connectivity index (χ3n) is 3.34. The molecule has 0 spiro atoms. The summed E-state index contributed by atoms with van der Waals surface area (Å²) in [7, 11) is 0. The molecule has 0 aliphatic carbocycles. The second-order valence-corrected chi connectivity index (χ2v) is 5.14. The summed E-state index contributed by atoms with van der Waals surface area (Å²) in [5.41, 5.74) is 0.